The van der Waals surface area contributed by atoms with Crippen LogP contribution in [0.3, 0.4) is 0 Å². The predicted octanol–water partition coefficient (Wildman–Crippen LogP) is 4.78. The molecule has 0 radical (unpaired) electrons. The first-order valence-corrected chi connectivity index (χ1v) is 9.31. The molecule has 2 aromatic carbocycles. The maximum atomic E-state index is 12.4. The van der Waals surface area contributed by atoms with Crippen molar-refractivity contribution in [2.45, 2.75) is 13.0 Å². The van der Waals surface area contributed by atoms with Gasteiger partial charge in [-0.2, -0.15) is 10.4 Å². The number of rotatable bonds is 7. The molecule has 3 rings (SSSR count). The number of hydrogen-bond acceptors (Lipinski definition) is 4. The number of benzene rings is 2. The molecular weight excluding hydrogens is 388 g/mol. The Kier molecular flexibility index (Phi) is 6.67. The van der Waals surface area contributed by atoms with Crippen LogP contribution in [-0.2, 0) is 11.3 Å². The molecule has 7 heteroatoms. The molecule has 1 heterocycles. The summed E-state index contributed by atoms with van der Waals surface area (Å²) in [6.07, 6.45) is 5.30. The monoisotopic (exact) mass is 406 g/mol. The number of aromatic nitrogens is 2. The Bertz CT molecular complexity index is 1070. The number of para-hydroxylation sites is 2. The van der Waals surface area contributed by atoms with Gasteiger partial charge in [-0.3, -0.25) is 9.48 Å². The topological polar surface area (TPSA) is 79.9 Å². The molecule has 0 saturated heterocycles. The highest BCUT2D eigenvalue weighted by Crippen LogP contribution is 2.26. The zero-order valence-corrected chi connectivity index (χ0v) is 16.6. The number of amides is 1. The van der Waals surface area contributed by atoms with E-state index in [1.807, 2.05) is 30.5 Å². The lowest BCUT2D eigenvalue weighted by atomic mass is 10.1. The van der Waals surface area contributed by atoms with Crippen LogP contribution in [0.25, 0.3) is 17.3 Å². The second-order valence-electron chi connectivity index (χ2n) is 6.13. The lowest BCUT2D eigenvalue weighted by molar-refractivity contribution is -0.111. The number of nitriles is 1. The average Bonchev–Trinajstić information content (AvgIpc) is 3.14. The van der Waals surface area contributed by atoms with Gasteiger partial charge in [-0.05, 0) is 30.3 Å². The van der Waals surface area contributed by atoms with Crippen molar-refractivity contribution in [3.05, 3.63) is 71.4 Å². The average molecular weight is 407 g/mol. The summed E-state index contributed by atoms with van der Waals surface area (Å²) in [4.78, 5) is 12.4. The van der Waals surface area contributed by atoms with Crippen molar-refractivity contribution in [1.82, 2.24) is 9.78 Å². The number of hydrogen-bond donors (Lipinski definition) is 1. The van der Waals surface area contributed by atoms with Gasteiger partial charge < -0.3 is 10.1 Å². The molecule has 29 heavy (non-hydrogen) atoms. The molecule has 6 nitrogen and oxygen atoms in total. The van der Waals surface area contributed by atoms with Crippen molar-refractivity contribution in [1.29, 1.82) is 5.26 Å². The first kappa shape index (κ1) is 20.2. The summed E-state index contributed by atoms with van der Waals surface area (Å²) >= 11 is 5.98. The highest BCUT2D eigenvalue weighted by molar-refractivity contribution is 6.30. The standard InChI is InChI=1S/C22H19ClN4O2/c1-29-20-6-3-2-5-19(20)25-21(28)12-9-17-15-27(14-4-13-24)26-22(17)16-7-10-18(23)11-8-16/h2-3,5-12,15H,4,14H2,1H3,(H,25,28)/b12-9+. The Labute approximate surface area is 174 Å². The first-order chi connectivity index (χ1) is 14.1. The number of nitrogens with one attached hydrogen (secondary N) is 1. The van der Waals surface area contributed by atoms with Gasteiger partial charge in [-0.15, -0.1) is 0 Å². The summed E-state index contributed by atoms with van der Waals surface area (Å²) in [6.45, 7) is 0.471. The molecule has 0 aliphatic rings. The molecular formula is C22H19ClN4O2. The molecule has 0 aliphatic carbocycles. The van der Waals surface area contributed by atoms with Gasteiger partial charge in [-0.25, -0.2) is 0 Å². The Morgan fingerprint density at radius 1 is 1.28 bits per heavy atom. The molecule has 0 fully saturated rings. The Morgan fingerprint density at radius 2 is 2.03 bits per heavy atom. The number of ether oxygens (including phenoxy) is 1. The molecule has 146 valence electrons. The molecule has 0 saturated carbocycles. The Hall–Kier alpha value is -3.56. The van der Waals surface area contributed by atoms with E-state index in [9.17, 15) is 4.79 Å². The molecule has 0 spiro atoms. The maximum Gasteiger partial charge on any atom is 0.248 e. The largest absolute Gasteiger partial charge is 0.495 e. The van der Waals surface area contributed by atoms with E-state index >= 15 is 0 Å². The van der Waals surface area contributed by atoms with Gasteiger partial charge in [0.2, 0.25) is 5.91 Å². The van der Waals surface area contributed by atoms with Crippen molar-refractivity contribution in [3.63, 3.8) is 0 Å². The van der Waals surface area contributed by atoms with Crippen LogP contribution < -0.4 is 10.1 Å². The third-order valence-corrected chi connectivity index (χ3v) is 4.39. The minimum absolute atomic E-state index is 0.290. The molecule has 0 aliphatic heterocycles. The van der Waals surface area contributed by atoms with E-state index in [0.29, 0.717) is 35.1 Å². The fraction of sp³-hybridized carbons (Fsp3) is 0.136. The molecule has 0 bridgehead atoms. The fourth-order valence-electron chi connectivity index (χ4n) is 2.76. The van der Waals surface area contributed by atoms with Crippen LogP contribution in [0.15, 0.2) is 60.8 Å². The number of aryl methyl sites for hydroxylation is 1. The molecule has 0 atom stereocenters. The second-order valence-corrected chi connectivity index (χ2v) is 6.57. The zero-order valence-electron chi connectivity index (χ0n) is 15.8. The molecule has 1 aromatic heterocycles. The Morgan fingerprint density at radius 3 is 2.76 bits per heavy atom. The number of methoxy groups -OCH3 is 1. The molecule has 0 unspecified atom stereocenters. The van der Waals surface area contributed by atoms with Crippen LogP contribution >= 0.6 is 11.6 Å². The SMILES string of the molecule is COc1ccccc1NC(=O)/C=C/c1cn(CCC#N)nc1-c1ccc(Cl)cc1. The number of halogens is 1. The minimum Gasteiger partial charge on any atom is -0.495 e. The van der Waals surface area contributed by atoms with Gasteiger partial charge in [0.1, 0.15) is 5.75 Å². The summed E-state index contributed by atoms with van der Waals surface area (Å²) < 4.78 is 6.95. The van der Waals surface area contributed by atoms with Crippen LogP contribution in [0.5, 0.6) is 5.75 Å². The van der Waals surface area contributed by atoms with Crippen LogP contribution in [0, 0.1) is 11.3 Å². The summed E-state index contributed by atoms with van der Waals surface area (Å²) in [7, 11) is 1.55. The molecule has 1 N–H and O–H groups in total. The van der Waals surface area contributed by atoms with E-state index in [1.54, 1.807) is 42.1 Å². The first-order valence-electron chi connectivity index (χ1n) is 8.93. The summed E-state index contributed by atoms with van der Waals surface area (Å²) in [5.74, 6) is 0.293. The van der Waals surface area contributed by atoms with Crippen molar-refractivity contribution in [3.8, 4) is 23.1 Å². The highest BCUT2D eigenvalue weighted by Gasteiger charge is 2.10. The minimum atomic E-state index is -0.290. The van der Waals surface area contributed by atoms with E-state index in [2.05, 4.69) is 16.5 Å². The van der Waals surface area contributed by atoms with Crippen molar-refractivity contribution < 1.29 is 9.53 Å². The van der Waals surface area contributed by atoms with E-state index in [0.717, 1.165) is 11.1 Å². The quantitative estimate of drug-likeness (QED) is 0.572. The van der Waals surface area contributed by atoms with Crippen molar-refractivity contribution in [2.75, 3.05) is 12.4 Å². The third-order valence-electron chi connectivity index (χ3n) is 4.14. The fourth-order valence-corrected chi connectivity index (χ4v) is 2.88. The molecule has 1 amide bonds. The number of carbonyl (C=O) groups is 1. The van der Waals surface area contributed by atoms with Gasteiger partial charge in [0.25, 0.3) is 0 Å². The zero-order chi connectivity index (χ0) is 20.6. The number of anilines is 1. The van der Waals surface area contributed by atoms with Gasteiger partial charge in [0.05, 0.1) is 37.5 Å². The van der Waals surface area contributed by atoms with Gasteiger partial charge in [0.15, 0.2) is 0 Å². The lowest BCUT2D eigenvalue weighted by Gasteiger charge is -2.07. The van der Waals surface area contributed by atoms with Gasteiger partial charge >= 0.3 is 0 Å². The number of carbonyl (C=O) groups excluding carboxylic acids is 1. The van der Waals surface area contributed by atoms with E-state index in [1.165, 1.54) is 6.08 Å². The Balaban J connectivity index is 1.84. The summed E-state index contributed by atoms with van der Waals surface area (Å²) in [5.41, 5.74) is 2.93. The van der Waals surface area contributed by atoms with Gasteiger partial charge in [0, 0.05) is 28.4 Å². The van der Waals surface area contributed by atoms with Crippen LogP contribution in [-0.4, -0.2) is 22.8 Å². The van der Waals surface area contributed by atoms with E-state index in [-0.39, 0.29) is 5.91 Å². The van der Waals surface area contributed by atoms with Crippen LogP contribution in [0.1, 0.15) is 12.0 Å². The lowest BCUT2D eigenvalue weighted by Crippen LogP contribution is -2.08. The second kappa shape index (κ2) is 9.58. The van der Waals surface area contributed by atoms with Gasteiger partial charge in [-0.1, -0.05) is 35.9 Å². The summed E-state index contributed by atoms with van der Waals surface area (Å²) in [6, 6.07) is 16.6. The smallest absolute Gasteiger partial charge is 0.248 e. The van der Waals surface area contributed by atoms with E-state index < -0.39 is 0 Å². The van der Waals surface area contributed by atoms with E-state index in [4.69, 9.17) is 21.6 Å². The third kappa shape index (κ3) is 5.24. The summed E-state index contributed by atoms with van der Waals surface area (Å²) in [5, 5.41) is 16.8. The van der Waals surface area contributed by atoms with Crippen LogP contribution in [0.4, 0.5) is 5.69 Å². The predicted molar refractivity (Wildman–Crippen MR) is 114 cm³/mol. The van der Waals surface area contributed by atoms with Crippen LogP contribution in [0.2, 0.25) is 5.02 Å². The normalized spacial score (nSPS) is 10.7. The van der Waals surface area contributed by atoms with Crippen molar-refractivity contribution >= 4 is 29.3 Å². The molecule has 3 aromatic rings. The maximum absolute atomic E-state index is 12.4. The number of nitrogens with zero attached hydrogens (tertiary/aromatic N) is 3. The highest BCUT2D eigenvalue weighted by atomic mass is 35.5. The van der Waals surface area contributed by atoms with Crippen molar-refractivity contribution in [2.24, 2.45) is 0 Å².